The van der Waals surface area contributed by atoms with Crippen molar-refractivity contribution in [3.63, 3.8) is 0 Å². The summed E-state index contributed by atoms with van der Waals surface area (Å²) in [5.74, 6) is 0.130. The Morgan fingerprint density at radius 3 is 1.63 bits per heavy atom. The zero-order chi connectivity index (χ0) is 20.9. The summed E-state index contributed by atoms with van der Waals surface area (Å²) in [6.07, 6.45) is 4.03. The lowest BCUT2D eigenvalue weighted by molar-refractivity contribution is -0.113. The van der Waals surface area contributed by atoms with Crippen molar-refractivity contribution in [1.29, 1.82) is 0 Å². The molecule has 0 aliphatic carbocycles. The van der Waals surface area contributed by atoms with Gasteiger partial charge in [0.05, 0.1) is 0 Å². The molecule has 4 rings (SSSR count). The first-order chi connectivity index (χ1) is 14.6. The highest BCUT2D eigenvalue weighted by atomic mass is 79.9. The Labute approximate surface area is 194 Å². The average molecular weight is 523 g/mol. The number of carbonyl (C=O) groups is 1. The number of benzene rings is 3. The fourth-order valence-electron chi connectivity index (χ4n) is 3.58. The molecule has 0 radical (unpaired) electrons. The lowest BCUT2D eigenvalue weighted by Gasteiger charge is -2.30. The molecule has 30 heavy (non-hydrogen) atoms. The van der Waals surface area contributed by atoms with Crippen LogP contribution >= 0.6 is 31.9 Å². The molecule has 1 heterocycles. The van der Waals surface area contributed by atoms with E-state index in [1.54, 1.807) is 0 Å². The molecule has 0 atom stereocenters. The number of rotatable bonds is 4. The maximum atomic E-state index is 13.3. The minimum atomic E-state index is 0.130. The molecular formula is C26H21Br2NO. The van der Waals surface area contributed by atoms with Crippen LogP contribution in [0.1, 0.15) is 16.7 Å². The molecule has 0 saturated carbocycles. The SMILES string of the molecule is O=C1C(=Cc2ccc(Br)cc2)CN(Cc2ccccc2)CC1=Cc1ccc(Br)cc1. The first-order valence-corrected chi connectivity index (χ1v) is 11.4. The molecule has 1 fully saturated rings. The predicted octanol–water partition coefficient (Wildman–Crippen LogP) is 6.76. The second kappa shape index (κ2) is 9.69. The van der Waals surface area contributed by atoms with E-state index in [4.69, 9.17) is 0 Å². The summed E-state index contributed by atoms with van der Waals surface area (Å²) in [6.45, 7) is 2.09. The summed E-state index contributed by atoms with van der Waals surface area (Å²) in [5, 5.41) is 0. The Kier molecular flexibility index (Phi) is 6.78. The van der Waals surface area contributed by atoms with Crippen molar-refractivity contribution < 1.29 is 4.79 Å². The van der Waals surface area contributed by atoms with Crippen LogP contribution in [-0.2, 0) is 11.3 Å². The van der Waals surface area contributed by atoms with Crippen molar-refractivity contribution in [2.75, 3.05) is 13.1 Å². The molecule has 0 bridgehead atoms. The van der Waals surface area contributed by atoms with E-state index in [0.29, 0.717) is 13.1 Å². The molecule has 1 aliphatic heterocycles. The second-order valence-corrected chi connectivity index (χ2v) is 9.23. The van der Waals surface area contributed by atoms with E-state index in [1.165, 1.54) is 5.56 Å². The molecule has 150 valence electrons. The Balaban J connectivity index is 1.67. The van der Waals surface area contributed by atoms with Gasteiger partial charge >= 0.3 is 0 Å². The van der Waals surface area contributed by atoms with Crippen molar-refractivity contribution in [1.82, 2.24) is 4.90 Å². The van der Waals surface area contributed by atoms with E-state index >= 15 is 0 Å². The Hall–Kier alpha value is -2.27. The third-order valence-corrected chi connectivity index (χ3v) is 6.10. The molecule has 0 unspecified atom stereocenters. The van der Waals surface area contributed by atoms with Crippen LogP contribution in [0.5, 0.6) is 0 Å². The van der Waals surface area contributed by atoms with Crippen LogP contribution in [0.15, 0.2) is 99.0 Å². The summed E-state index contributed by atoms with van der Waals surface area (Å²) in [7, 11) is 0. The number of halogens is 2. The standard InChI is InChI=1S/C26H21Br2NO/c27-24-10-6-19(7-11-24)14-22-17-29(16-21-4-2-1-3-5-21)18-23(26(22)30)15-20-8-12-25(28)13-9-20/h1-15H,16-18H2. The fraction of sp³-hybridized carbons (Fsp3) is 0.115. The first kappa shape index (κ1) is 21.0. The van der Waals surface area contributed by atoms with Gasteiger partial charge in [0.15, 0.2) is 5.78 Å². The number of Topliss-reactive ketones (excluding diaryl/α,β-unsaturated/α-hetero) is 1. The van der Waals surface area contributed by atoms with E-state index in [1.807, 2.05) is 66.7 Å². The van der Waals surface area contributed by atoms with Gasteiger partial charge in [-0.15, -0.1) is 0 Å². The topological polar surface area (TPSA) is 20.3 Å². The van der Waals surface area contributed by atoms with Crippen molar-refractivity contribution in [3.05, 3.63) is 116 Å². The molecular weight excluding hydrogens is 502 g/mol. The van der Waals surface area contributed by atoms with Gasteiger partial charge < -0.3 is 0 Å². The molecule has 4 heteroatoms. The fourth-order valence-corrected chi connectivity index (χ4v) is 4.11. The van der Waals surface area contributed by atoms with Crippen molar-refractivity contribution >= 4 is 49.8 Å². The zero-order valence-corrected chi connectivity index (χ0v) is 19.6. The van der Waals surface area contributed by atoms with Gasteiger partial charge in [0.2, 0.25) is 0 Å². The van der Waals surface area contributed by atoms with Gasteiger partial charge in [-0.1, -0.05) is 86.5 Å². The van der Waals surface area contributed by atoms with E-state index in [-0.39, 0.29) is 5.78 Å². The maximum Gasteiger partial charge on any atom is 0.187 e. The highest BCUT2D eigenvalue weighted by Crippen LogP contribution is 2.24. The zero-order valence-electron chi connectivity index (χ0n) is 16.4. The quantitative estimate of drug-likeness (QED) is 0.352. The van der Waals surface area contributed by atoms with Crippen LogP contribution in [0.4, 0.5) is 0 Å². The van der Waals surface area contributed by atoms with Crippen LogP contribution in [0.3, 0.4) is 0 Å². The average Bonchev–Trinajstić information content (AvgIpc) is 2.75. The third kappa shape index (κ3) is 5.45. The van der Waals surface area contributed by atoms with Crippen LogP contribution < -0.4 is 0 Å². The van der Waals surface area contributed by atoms with Gasteiger partial charge in [-0.3, -0.25) is 9.69 Å². The lowest BCUT2D eigenvalue weighted by atomic mass is 9.94. The van der Waals surface area contributed by atoms with E-state index in [0.717, 1.165) is 37.8 Å². The number of hydrogen-bond donors (Lipinski definition) is 0. The highest BCUT2D eigenvalue weighted by Gasteiger charge is 2.26. The lowest BCUT2D eigenvalue weighted by Crippen LogP contribution is -2.37. The number of nitrogens with zero attached hydrogens (tertiary/aromatic N) is 1. The van der Waals surface area contributed by atoms with Gasteiger partial charge in [-0.25, -0.2) is 0 Å². The van der Waals surface area contributed by atoms with Gasteiger partial charge in [0, 0.05) is 39.7 Å². The summed E-state index contributed by atoms with van der Waals surface area (Å²) >= 11 is 6.94. The highest BCUT2D eigenvalue weighted by molar-refractivity contribution is 9.10. The van der Waals surface area contributed by atoms with Crippen molar-refractivity contribution in [2.24, 2.45) is 0 Å². The Morgan fingerprint density at radius 2 is 1.17 bits per heavy atom. The molecule has 0 aromatic heterocycles. The molecule has 0 spiro atoms. The van der Waals surface area contributed by atoms with Crippen LogP contribution in [-0.4, -0.2) is 23.8 Å². The molecule has 1 aliphatic rings. The van der Waals surface area contributed by atoms with Crippen LogP contribution in [0.2, 0.25) is 0 Å². The van der Waals surface area contributed by atoms with Gasteiger partial charge in [-0.05, 0) is 53.1 Å². The van der Waals surface area contributed by atoms with Gasteiger partial charge in [-0.2, -0.15) is 0 Å². The smallest absolute Gasteiger partial charge is 0.187 e. The largest absolute Gasteiger partial charge is 0.290 e. The molecule has 3 aromatic carbocycles. The normalized spacial score (nSPS) is 17.6. The minimum absolute atomic E-state index is 0.130. The van der Waals surface area contributed by atoms with E-state index < -0.39 is 0 Å². The Morgan fingerprint density at radius 1 is 0.700 bits per heavy atom. The van der Waals surface area contributed by atoms with Gasteiger partial charge in [0.1, 0.15) is 0 Å². The molecule has 1 saturated heterocycles. The third-order valence-electron chi connectivity index (χ3n) is 5.04. The first-order valence-electron chi connectivity index (χ1n) is 9.80. The van der Waals surface area contributed by atoms with E-state index in [9.17, 15) is 4.79 Å². The number of carbonyl (C=O) groups excluding carboxylic acids is 1. The predicted molar refractivity (Wildman–Crippen MR) is 131 cm³/mol. The second-order valence-electron chi connectivity index (χ2n) is 7.40. The summed E-state index contributed by atoms with van der Waals surface area (Å²) < 4.78 is 2.06. The number of hydrogen-bond acceptors (Lipinski definition) is 2. The number of likely N-dealkylation sites (tertiary alicyclic amines) is 1. The molecule has 3 aromatic rings. The summed E-state index contributed by atoms with van der Waals surface area (Å²) in [4.78, 5) is 15.6. The van der Waals surface area contributed by atoms with Crippen LogP contribution in [0, 0.1) is 0 Å². The summed E-state index contributed by atoms with van der Waals surface area (Å²) in [5.41, 5.74) is 4.96. The number of ketones is 1. The Bertz CT molecular complexity index is 1020. The molecule has 0 amide bonds. The summed E-state index contributed by atoms with van der Waals surface area (Å²) in [6, 6.07) is 26.5. The maximum absolute atomic E-state index is 13.3. The van der Waals surface area contributed by atoms with E-state index in [2.05, 4.69) is 61.0 Å². The minimum Gasteiger partial charge on any atom is -0.290 e. The van der Waals surface area contributed by atoms with Crippen molar-refractivity contribution in [2.45, 2.75) is 6.54 Å². The monoisotopic (exact) mass is 521 g/mol. The molecule has 2 nitrogen and oxygen atoms in total. The van der Waals surface area contributed by atoms with Crippen LogP contribution in [0.25, 0.3) is 12.2 Å². The van der Waals surface area contributed by atoms with Gasteiger partial charge in [0.25, 0.3) is 0 Å². The van der Waals surface area contributed by atoms with Crippen molar-refractivity contribution in [3.8, 4) is 0 Å². The molecule has 0 N–H and O–H groups in total. The number of piperidine rings is 1.